The second-order valence-electron chi connectivity index (χ2n) is 7.15. The van der Waals surface area contributed by atoms with Crippen LogP contribution in [0.3, 0.4) is 0 Å². The zero-order chi connectivity index (χ0) is 17.6. The Hall–Kier alpha value is -1.92. The van der Waals surface area contributed by atoms with Gasteiger partial charge in [-0.15, -0.1) is 0 Å². The first-order valence-corrected chi connectivity index (χ1v) is 7.90. The second kappa shape index (κ2) is 8.08. The van der Waals surface area contributed by atoms with Gasteiger partial charge >= 0.3 is 0 Å². The highest BCUT2D eigenvalue weighted by atomic mass is 16.2. The molecule has 7 heteroatoms. The number of carbonyl (C=O) groups excluding carboxylic acids is 4. The van der Waals surface area contributed by atoms with E-state index in [1.54, 1.807) is 9.80 Å². The zero-order valence-corrected chi connectivity index (χ0v) is 14.5. The lowest BCUT2D eigenvalue weighted by molar-refractivity contribution is -0.143. The quantitative estimate of drug-likeness (QED) is 0.731. The van der Waals surface area contributed by atoms with Gasteiger partial charge in [-0.3, -0.25) is 19.2 Å². The van der Waals surface area contributed by atoms with E-state index in [9.17, 15) is 19.2 Å². The number of hydrogen-bond acceptors (Lipinski definition) is 4. The van der Waals surface area contributed by atoms with E-state index in [1.165, 1.54) is 6.92 Å². The molecule has 3 amide bonds. The fourth-order valence-corrected chi connectivity index (χ4v) is 2.21. The van der Waals surface area contributed by atoms with Crippen molar-refractivity contribution < 1.29 is 19.2 Å². The van der Waals surface area contributed by atoms with Crippen LogP contribution in [0, 0.1) is 5.41 Å². The third-order valence-corrected chi connectivity index (χ3v) is 3.51. The summed E-state index contributed by atoms with van der Waals surface area (Å²) in [6, 6.07) is 0. The number of Topliss-reactive ketones (excluding diaryl/α,β-unsaturated/α-hetero) is 1. The van der Waals surface area contributed by atoms with Crippen molar-refractivity contribution in [2.45, 2.75) is 40.5 Å². The second-order valence-corrected chi connectivity index (χ2v) is 7.15. The molecule has 1 heterocycles. The first kappa shape index (κ1) is 19.1. The van der Waals surface area contributed by atoms with Crippen molar-refractivity contribution in [3.05, 3.63) is 0 Å². The number of ketones is 1. The van der Waals surface area contributed by atoms with E-state index in [0.29, 0.717) is 32.7 Å². The number of nitrogens with one attached hydrogen (secondary N) is 1. The molecule has 0 radical (unpaired) electrons. The van der Waals surface area contributed by atoms with Crippen LogP contribution in [0.25, 0.3) is 0 Å². The van der Waals surface area contributed by atoms with Gasteiger partial charge in [0.1, 0.15) is 12.2 Å². The molecule has 0 unspecified atom stereocenters. The number of amides is 3. The number of hydrogen-bond donors (Lipinski definition) is 1. The zero-order valence-electron chi connectivity index (χ0n) is 14.5. The Kier molecular flexibility index (Phi) is 6.72. The van der Waals surface area contributed by atoms with Crippen LogP contribution < -0.4 is 5.32 Å². The molecule has 0 aliphatic carbocycles. The Bertz CT molecular complexity index is 474. The van der Waals surface area contributed by atoms with Crippen molar-refractivity contribution in [2.75, 3.05) is 32.7 Å². The predicted octanol–water partition coefficient (Wildman–Crippen LogP) is 0.189. The van der Waals surface area contributed by atoms with E-state index in [4.69, 9.17) is 0 Å². The third kappa shape index (κ3) is 7.25. The molecule has 0 saturated carbocycles. The van der Waals surface area contributed by atoms with Gasteiger partial charge in [-0.25, -0.2) is 0 Å². The summed E-state index contributed by atoms with van der Waals surface area (Å²) in [5.41, 5.74) is -0.0264. The number of piperazine rings is 1. The Morgan fingerprint density at radius 1 is 0.870 bits per heavy atom. The van der Waals surface area contributed by atoms with Gasteiger partial charge in [-0.2, -0.15) is 0 Å². The van der Waals surface area contributed by atoms with Gasteiger partial charge in [0.25, 0.3) is 0 Å². The maximum absolute atomic E-state index is 12.1. The molecular weight excluding hydrogens is 298 g/mol. The minimum absolute atomic E-state index is 0.0264. The van der Waals surface area contributed by atoms with Crippen molar-refractivity contribution in [3.8, 4) is 0 Å². The summed E-state index contributed by atoms with van der Waals surface area (Å²) in [5.74, 6) is -0.869. The number of nitrogens with zero attached hydrogens (tertiary/aromatic N) is 2. The molecule has 0 atom stereocenters. The highest BCUT2D eigenvalue weighted by Gasteiger charge is 2.25. The van der Waals surface area contributed by atoms with Crippen LogP contribution in [0.15, 0.2) is 0 Å². The van der Waals surface area contributed by atoms with Gasteiger partial charge in [0, 0.05) is 32.7 Å². The summed E-state index contributed by atoms with van der Waals surface area (Å²) < 4.78 is 0. The molecule has 0 aromatic heterocycles. The largest absolute Gasteiger partial charge is 0.355 e. The monoisotopic (exact) mass is 325 g/mol. The number of rotatable bonds is 5. The molecule has 1 N–H and O–H groups in total. The summed E-state index contributed by atoms with van der Waals surface area (Å²) in [4.78, 5) is 49.8. The molecule has 0 aromatic rings. The van der Waals surface area contributed by atoms with E-state index in [0.717, 1.165) is 0 Å². The maximum Gasteiger partial charge on any atom is 0.232 e. The van der Waals surface area contributed by atoms with Crippen molar-refractivity contribution in [1.29, 1.82) is 0 Å². The average Bonchev–Trinajstić information content (AvgIpc) is 2.44. The van der Waals surface area contributed by atoms with Crippen LogP contribution in [-0.2, 0) is 19.2 Å². The van der Waals surface area contributed by atoms with Crippen LogP contribution in [0.1, 0.15) is 40.5 Å². The molecule has 1 rings (SSSR count). The fraction of sp³-hybridized carbons (Fsp3) is 0.750. The maximum atomic E-state index is 12.1. The third-order valence-electron chi connectivity index (χ3n) is 3.51. The highest BCUT2D eigenvalue weighted by Crippen LogP contribution is 2.10. The van der Waals surface area contributed by atoms with Crippen LogP contribution in [0.4, 0.5) is 0 Å². The van der Waals surface area contributed by atoms with E-state index in [2.05, 4.69) is 5.32 Å². The molecule has 1 saturated heterocycles. The van der Waals surface area contributed by atoms with Crippen LogP contribution in [0.5, 0.6) is 0 Å². The molecule has 0 bridgehead atoms. The molecular formula is C16H27N3O4. The standard InChI is InChI=1S/C16H27N3O4/c1-12(20)9-14(22)18-5-7-19(8-6-18)15(23)10-13(21)17-11-16(2,3)4/h5-11H2,1-4H3,(H,17,21). The van der Waals surface area contributed by atoms with E-state index in [-0.39, 0.29) is 41.8 Å². The highest BCUT2D eigenvalue weighted by molar-refractivity contribution is 5.98. The van der Waals surface area contributed by atoms with Gasteiger partial charge in [0.2, 0.25) is 17.7 Å². The molecule has 1 aliphatic rings. The van der Waals surface area contributed by atoms with E-state index in [1.807, 2.05) is 20.8 Å². The minimum atomic E-state index is -0.278. The fourth-order valence-electron chi connectivity index (χ4n) is 2.21. The molecule has 7 nitrogen and oxygen atoms in total. The minimum Gasteiger partial charge on any atom is -0.355 e. The molecule has 1 aliphatic heterocycles. The lowest BCUT2D eigenvalue weighted by atomic mass is 9.97. The Labute approximate surface area is 137 Å². The molecule has 130 valence electrons. The van der Waals surface area contributed by atoms with Crippen LogP contribution >= 0.6 is 0 Å². The summed E-state index contributed by atoms with van der Waals surface area (Å²) in [7, 11) is 0. The van der Waals surface area contributed by atoms with Crippen LogP contribution in [0.2, 0.25) is 0 Å². The van der Waals surface area contributed by atoms with Crippen LogP contribution in [-0.4, -0.2) is 66.0 Å². The number of carbonyl (C=O) groups is 4. The van der Waals surface area contributed by atoms with Crippen molar-refractivity contribution in [1.82, 2.24) is 15.1 Å². The van der Waals surface area contributed by atoms with E-state index >= 15 is 0 Å². The van der Waals surface area contributed by atoms with Crippen molar-refractivity contribution in [2.24, 2.45) is 5.41 Å². The van der Waals surface area contributed by atoms with Gasteiger partial charge in [-0.05, 0) is 12.3 Å². The SMILES string of the molecule is CC(=O)CC(=O)N1CCN(C(=O)CC(=O)NCC(C)(C)C)CC1. The van der Waals surface area contributed by atoms with Gasteiger partial charge in [0.15, 0.2) is 0 Å². The van der Waals surface area contributed by atoms with Crippen molar-refractivity contribution >= 4 is 23.5 Å². The summed E-state index contributed by atoms with van der Waals surface area (Å²) in [5, 5.41) is 2.75. The van der Waals surface area contributed by atoms with Gasteiger partial charge in [-0.1, -0.05) is 20.8 Å². The van der Waals surface area contributed by atoms with Gasteiger partial charge in [0.05, 0.1) is 6.42 Å². The predicted molar refractivity (Wildman–Crippen MR) is 85.5 cm³/mol. The van der Waals surface area contributed by atoms with E-state index < -0.39 is 0 Å². The Balaban J connectivity index is 2.36. The lowest BCUT2D eigenvalue weighted by Crippen LogP contribution is -2.51. The summed E-state index contributed by atoms with van der Waals surface area (Å²) >= 11 is 0. The summed E-state index contributed by atoms with van der Waals surface area (Å²) in [6.45, 7) is 9.53. The molecule has 23 heavy (non-hydrogen) atoms. The molecule has 0 aromatic carbocycles. The first-order chi connectivity index (χ1) is 10.6. The average molecular weight is 325 g/mol. The molecule has 0 spiro atoms. The topological polar surface area (TPSA) is 86.8 Å². The summed E-state index contributed by atoms with van der Waals surface area (Å²) in [6.07, 6.45) is -0.263. The van der Waals surface area contributed by atoms with Gasteiger partial charge < -0.3 is 15.1 Å². The lowest BCUT2D eigenvalue weighted by Gasteiger charge is -2.34. The Morgan fingerprint density at radius 3 is 1.70 bits per heavy atom. The first-order valence-electron chi connectivity index (χ1n) is 7.90. The normalized spacial score (nSPS) is 15.3. The molecule has 1 fully saturated rings. The van der Waals surface area contributed by atoms with Crippen molar-refractivity contribution in [3.63, 3.8) is 0 Å². The smallest absolute Gasteiger partial charge is 0.232 e. The Morgan fingerprint density at radius 2 is 1.30 bits per heavy atom.